The zero-order chi connectivity index (χ0) is 22.4. The van der Waals surface area contributed by atoms with Crippen LogP contribution in [0.1, 0.15) is 37.3 Å². The molecule has 2 aromatic rings. The van der Waals surface area contributed by atoms with E-state index in [-0.39, 0.29) is 17.9 Å². The third-order valence-electron chi connectivity index (χ3n) is 6.00. The third kappa shape index (κ3) is 5.00. The van der Waals surface area contributed by atoms with Gasteiger partial charge in [0.2, 0.25) is 0 Å². The molecule has 1 heterocycles. The minimum absolute atomic E-state index is 0.0458. The van der Waals surface area contributed by atoms with Crippen molar-refractivity contribution in [2.75, 3.05) is 26.8 Å². The van der Waals surface area contributed by atoms with Crippen LogP contribution in [0.2, 0.25) is 0 Å². The lowest BCUT2D eigenvalue weighted by Crippen LogP contribution is -2.39. The quantitative estimate of drug-likeness (QED) is 0.596. The van der Waals surface area contributed by atoms with Crippen molar-refractivity contribution in [1.29, 1.82) is 0 Å². The first-order valence-electron chi connectivity index (χ1n) is 10.3. The maximum atomic E-state index is 12.2. The largest absolute Gasteiger partial charge is 0.493 e. The minimum Gasteiger partial charge on any atom is -0.493 e. The predicted molar refractivity (Wildman–Crippen MR) is 119 cm³/mol. The fraction of sp³-hybridized carbons (Fsp3) is 0.360. The lowest BCUT2D eigenvalue weighted by Gasteiger charge is -2.29. The van der Waals surface area contributed by atoms with Gasteiger partial charge in [-0.15, -0.1) is 0 Å². The van der Waals surface area contributed by atoms with E-state index in [9.17, 15) is 9.59 Å². The van der Waals surface area contributed by atoms with Crippen molar-refractivity contribution < 1.29 is 19.1 Å². The molecule has 3 rings (SSSR count). The number of carbonyl (C=O) groups excluding carboxylic acids is 2. The van der Waals surface area contributed by atoms with Crippen molar-refractivity contribution in [3.05, 3.63) is 59.7 Å². The Morgan fingerprint density at radius 1 is 1.19 bits per heavy atom. The Morgan fingerprint density at radius 3 is 2.58 bits per heavy atom. The van der Waals surface area contributed by atoms with Gasteiger partial charge in [-0.2, -0.15) is 0 Å². The second-order valence-corrected chi connectivity index (χ2v) is 7.98. The maximum Gasteiger partial charge on any atom is 0.311 e. The van der Waals surface area contributed by atoms with E-state index in [0.29, 0.717) is 24.6 Å². The number of likely N-dealkylation sites (tertiary alicyclic amines) is 1. The number of ether oxygens (including phenoxy) is 2. The van der Waals surface area contributed by atoms with Crippen LogP contribution in [0.25, 0.3) is 0 Å². The van der Waals surface area contributed by atoms with Gasteiger partial charge in [0.15, 0.2) is 11.5 Å². The van der Waals surface area contributed by atoms with E-state index in [1.54, 1.807) is 12.0 Å². The van der Waals surface area contributed by atoms with Crippen molar-refractivity contribution in [2.24, 2.45) is 11.1 Å². The van der Waals surface area contributed by atoms with Gasteiger partial charge in [-0.25, -0.2) is 0 Å². The average molecular weight is 421 g/mol. The summed E-state index contributed by atoms with van der Waals surface area (Å²) < 4.78 is 11.4. The van der Waals surface area contributed by atoms with E-state index < -0.39 is 11.8 Å². The normalized spacial score (nSPS) is 20.0. The van der Waals surface area contributed by atoms with Crippen LogP contribution in [-0.4, -0.2) is 43.5 Å². The third-order valence-corrected chi connectivity index (χ3v) is 6.00. The summed E-state index contributed by atoms with van der Waals surface area (Å²) in [4.78, 5) is 25.1. The fourth-order valence-corrected chi connectivity index (χ4v) is 4.02. The molecule has 2 aromatic carbocycles. The molecule has 31 heavy (non-hydrogen) atoms. The summed E-state index contributed by atoms with van der Waals surface area (Å²) >= 11 is 0. The number of hydrogen-bond acceptors (Lipinski definition) is 4. The Labute approximate surface area is 183 Å². The van der Waals surface area contributed by atoms with Gasteiger partial charge in [-0.05, 0) is 41.7 Å². The van der Waals surface area contributed by atoms with Crippen LogP contribution in [0.3, 0.4) is 0 Å². The van der Waals surface area contributed by atoms with Crippen LogP contribution in [0, 0.1) is 17.3 Å². The fourth-order valence-electron chi connectivity index (χ4n) is 4.02. The Kier molecular flexibility index (Phi) is 6.86. The summed E-state index contributed by atoms with van der Waals surface area (Å²) in [5.41, 5.74) is 7.00. The molecule has 2 amide bonds. The topological polar surface area (TPSA) is 81.9 Å². The molecular weight excluding hydrogens is 392 g/mol. The molecule has 162 valence electrons. The molecule has 2 unspecified atom stereocenters. The van der Waals surface area contributed by atoms with Crippen molar-refractivity contribution in [3.63, 3.8) is 0 Å². The monoisotopic (exact) mass is 420 g/mol. The van der Waals surface area contributed by atoms with Gasteiger partial charge in [0, 0.05) is 24.6 Å². The molecular formula is C25H28N2O4. The second-order valence-electron chi connectivity index (χ2n) is 7.98. The Hall–Kier alpha value is -3.46. The summed E-state index contributed by atoms with van der Waals surface area (Å²) in [6.07, 6.45) is 0.852. The van der Waals surface area contributed by atoms with E-state index >= 15 is 0 Å². The number of benzene rings is 2. The van der Waals surface area contributed by atoms with Crippen LogP contribution < -0.4 is 15.2 Å². The smallest absolute Gasteiger partial charge is 0.311 e. The zero-order valence-corrected chi connectivity index (χ0v) is 18.2. The van der Waals surface area contributed by atoms with Gasteiger partial charge in [0.25, 0.3) is 0 Å². The Bertz CT molecular complexity index is 1010. The zero-order valence-electron chi connectivity index (χ0n) is 18.2. The highest BCUT2D eigenvalue weighted by Gasteiger charge is 2.45. The first-order valence-corrected chi connectivity index (χ1v) is 10.3. The van der Waals surface area contributed by atoms with Crippen LogP contribution in [-0.2, 0) is 9.59 Å². The van der Waals surface area contributed by atoms with Gasteiger partial charge in [0.05, 0.1) is 7.11 Å². The lowest BCUT2D eigenvalue weighted by molar-refractivity contribution is -0.143. The number of rotatable bonds is 5. The number of nitrogens with two attached hydrogens (primary N) is 1. The molecule has 6 nitrogen and oxygen atoms in total. The van der Waals surface area contributed by atoms with Gasteiger partial charge >= 0.3 is 11.8 Å². The molecule has 0 bridgehead atoms. The molecule has 0 saturated carbocycles. The van der Waals surface area contributed by atoms with Gasteiger partial charge in [0.1, 0.15) is 6.61 Å². The highest BCUT2D eigenvalue weighted by atomic mass is 16.5. The maximum absolute atomic E-state index is 12.2. The van der Waals surface area contributed by atoms with Gasteiger partial charge in [-0.1, -0.05) is 50.0 Å². The minimum atomic E-state index is -0.921. The van der Waals surface area contributed by atoms with Crippen LogP contribution in [0.5, 0.6) is 11.5 Å². The second kappa shape index (κ2) is 9.57. The van der Waals surface area contributed by atoms with Crippen LogP contribution in [0.4, 0.5) is 0 Å². The Morgan fingerprint density at radius 2 is 1.94 bits per heavy atom. The molecule has 0 radical (unpaired) electrons. The van der Waals surface area contributed by atoms with Crippen molar-refractivity contribution in [3.8, 4) is 23.3 Å². The number of carbonyl (C=O) groups is 2. The van der Waals surface area contributed by atoms with E-state index in [1.807, 2.05) is 48.5 Å². The SMILES string of the molecule is CCC1(C)CN(C(=O)C(N)=O)CC1c1ccc(OC)c(OCC#Cc2ccccc2)c1. The summed E-state index contributed by atoms with van der Waals surface area (Å²) in [5.74, 6) is 5.79. The molecule has 1 fully saturated rings. The molecule has 1 saturated heterocycles. The first kappa shape index (κ1) is 22.2. The highest BCUT2D eigenvalue weighted by molar-refractivity contribution is 6.34. The summed E-state index contributed by atoms with van der Waals surface area (Å²) in [6, 6.07) is 15.5. The summed E-state index contributed by atoms with van der Waals surface area (Å²) in [7, 11) is 1.59. The number of nitrogens with zero attached hydrogens (tertiary/aromatic N) is 1. The van der Waals surface area contributed by atoms with E-state index in [4.69, 9.17) is 15.2 Å². The highest BCUT2D eigenvalue weighted by Crippen LogP contribution is 2.46. The molecule has 2 atom stereocenters. The molecule has 6 heteroatoms. The van der Waals surface area contributed by atoms with Crippen LogP contribution >= 0.6 is 0 Å². The molecule has 2 N–H and O–H groups in total. The van der Waals surface area contributed by atoms with Crippen molar-refractivity contribution >= 4 is 11.8 Å². The van der Waals surface area contributed by atoms with Gasteiger partial charge < -0.3 is 20.1 Å². The molecule has 1 aliphatic heterocycles. The number of primary amides is 1. The summed E-state index contributed by atoms with van der Waals surface area (Å²) in [6.45, 7) is 5.36. The molecule has 1 aliphatic rings. The van der Waals surface area contributed by atoms with Crippen molar-refractivity contribution in [1.82, 2.24) is 4.90 Å². The van der Waals surface area contributed by atoms with Gasteiger partial charge in [-0.3, -0.25) is 9.59 Å². The molecule has 0 spiro atoms. The standard InChI is InChI=1S/C25H28N2O4/c1-4-25(2)17-27(24(29)23(26)28)16-20(25)19-12-13-21(30-3)22(15-19)31-14-8-11-18-9-6-5-7-10-18/h5-7,9-10,12-13,15,20H,4,14,16-17H2,1-3H3,(H2,26,28). The lowest BCUT2D eigenvalue weighted by atomic mass is 9.74. The number of hydrogen-bond donors (Lipinski definition) is 1. The average Bonchev–Trinajstić information content (AvgIpc) is 3.14. The Balaban J connectivity index is 1.81. The van der Waals surface area contributed by atoms with E-state index in [1.165, 1.54) is 0 Å². The van der Waals surface area contributed by atoms with Crippen LogP contribution in [0.15, 0.2) is 48.5 Å². The summed E-state index contributed by atoms with van der Waals surface area (Å²) in [5, 5.41) is 0. The van der Waals surface area contributed by atoms with E-state index in [0.717, 1.165) is 17.5 Å². The molecule has 0 aliphatic carbocycles. The number of amides is 2. The predicted octanol–water partition coefficient (Wildman–Crippen LogP) is 2.95. The number of methoxy groups -OCH3 is 1. The van der Waals surface area contributed by atoms with E-state index in [2.05, 4.69) is 25.7 Å². The first-order chi connectivity index (χ1) is 14.9. The van der Waals surface area contributed by atoms with Crippen molar-refractivity contribution in [2.45, 2.75) is 26.2 Å². The molecule has 0 aromatic heterocycles.